The molecule has 3 N–H and O–H groups in total. The number of para-hydroxylation sites is 1. The average Bonchev–Trinajstić information content (AvgIpc) is 2.65. The van der Waals surface area contributed by atoms with Gasteiger partial charge in [-0.25, -0.2) is 0 Å². The van der Waals surface area contributed by atoms with E-state index in [4.69, 9.17) is 10.5 Å². The zero-order valence-corrected chi connectivity index (χ0v) is 15.6. The number of ether oxygens (including phenoxy) is 1. The van der Waals surface area contributed by atoms with Crippen molar-refractivity contribution in [1.29, 1.82) is 0 Å². The van der Waals surface area contributed by atoms with Gasteiger partial charge in [-0.15, -0.1) is 0 Å². The van der Waals surface area contributed by atoms with Gasteiger partial charge in [-0.05, 0) is 43.7 Å². The smallest absolute Gasteiger partial charge is 0.253 e. The second-order valence-corrected chi connectivity index (χ2v) is 7.03. The highest BCUT2D eigenvalue weighted by Crippen LogP contribution is 2.19. The molecule has 0 bridgehead atoms. The molecule has 1 heterocycles. The number of primary amides is 1. The molecule has 1 aliphatic rings. The highest BCUT2D eigenvalue weighted by Gasteiger charge is 2.25. The van der Waals surface area contributed by atoms with Crippen LogP contribution in [0.3, 0.4) is 0 Å². The van der Waals surface area contributed by atoms with Crippen LogP contribution >= 0.6 is 0 Å². The molecule has 1 aliphatic heterocycles. The maximum Gasteiger partial charge on any atom is 0.253 e. The Morgan fingerprint density at radius 1 is 1.11 bits per heavy atom. The molecule has 0 radical (unpaired) electrons. The van der Waals surface area contributed by atoms with Crippen LogP contribution in [0.15, 0.2) is 48.5 Å². The number of rotatable bonds is 5. The summed E-state index contributed by atoms with van der Waals surface area (Å²) in [5, 5.41) is 3.43. The van der Waals surface area contributed by atoms with E-state index < -0.39 is 5.91 Å². The fourth-order valence-corrected chi connectivity index (χ4v) is 3.43. The monoisotopic (exact) mass is 367 g/mol. The summed E-state index contributed by atoms with van der Waals surface area (Å²) in [5.41, 5.74) is 7.22. The number of amides is 2. The summed E-state index contributed by atoms with van der Waals surface area (Å²) >= 11 is 0. The van der Waals surface area contributed by atoms with Crippen LogP contribution in [-0.4, -0.2) is 41.9 Å². The predicted octanol–water partition coefficient (Wildman–Crippen LogP) is 2.19. The molecule has 2 aromatic rings. The summed E-state index contributed by atoms with van der Waals surface area (Å²) in [6.45, 7) is 5.79. The molecule has 6 nitrogen and oxygen atoms in total. The second-order valence-electron chi connectivity index (χ2n) is 7.03. The lowest BCUT2D eigenvalue weighted by atomic mass is 10.1. The van der Waals surface area contributed by atoms with Crippen molar-refractivity contribution in [2.24, 2.45) is 5.73 Å². The zero-order chi connectivity index (χ0) is 19.4. The van der Waals surface area contributed by atoms with Gasteiger partial charge in [-0.2, -0.15) is 0 Å². The maximum atomic E-state index is 12.9. The number of nitrogens with two attached hydrogens (primary N) is 1. The van der Waals surface area contributed by atoms with Gasteiger partial charge >= 0.3 is 0 Å². The Morgan fingerprint density at radius 3 is 2.52 bits per heavy atom. The Morgan fingerprint density at radius 2 is 1.81 bits per heavy atom. The summed E-state index contributed by atoms with van der Waals surface area (Å²) in [7, 11) is 0. The predicted molar refractivity (Wildman–Crippen MR) is 104 cm³/mol. The number of hydrogen-bond acceptors (Lipinski definition) is 4. The number of piperazine rings is 1. The van der Waals surface area contributed by atoms with E-state index >= 15 is 0 Å². The summed E-state index contributed by atoms with van der Waals surface area (Å²) < 4.78 is 5.76. The van der Waals surface area contributed by atoms with Crippen molar-refractivity contribution in [3.8, 4) is 5.75 Å². The largest absolute Gasteiger partial charge is 0.488 e. The fourth-order valence-electron chi connectivity index (χ4n) is 3.43. The molecule has 3 rings (SSSR count). The van der Waals surface area contributed by atoms with Crippen molar-refractivity contribution in [3.05, 3.63) is 65.2 Å². The minimum absolute atomic E-state index is 0.0228. The van der Waals surface area contributed by atoms with Gasteiger partial charge in [0.25, 0.3) is 11.8 Å². The van der Waals surface area contributed by atoms with Crippen molar-refractivity contribution in [2.75, 3.05) is 13.1 Å². The SMILES string of the molecule is C[C@H]1CN(C(=O)c2cccc(COc3ccccc3C(N)=O)c2)C[C@H](C)N1. The number of carbonyl (C=O) groups is 2. The van der Waals surface area contributed by atoms with Crippen LogP contribution in [0.2, 0.25) is 0 Å². The molecule has 1 fully saturated rings. The number of hydrogen-bond donors (Lipinski definition) is 2. The normalized spacial score (nSPS) is 19.6. The zero-order valence-electron chi connectivity index (χ0n) is 15.6. The molecule has 2 atom stereocenters. The first kappa shape index (κ1) is 18.9. The second kappa shape index (κ2) is 8.22. The lowest BCUT2D eigenvalue weighted by molar-refractivity contribution is 0.0673. The Kier molecular flexibility index (Phi) is 5.76. The van der Waals surface area contributed by atoms with Gasteiger partial charge in [0.15, 0.2) is 0 Å². The van der Waals surface area contributed by atoms with Crippen molar-refractivity contribution in [1.82, 2.24) is 10.2 Å². The van der Waals surface area contributed by atoms with Crippen LogP contribution in [0.5, 0.6) is 5.75 Å². The standard InChI is InChI=1S/C21H25N3O3/c1-14-11-24(12-15(2)23-14)21(26)17-7-5-6-16(10-17)13-27-19-9-4-3-8-18(19)20(22)25/h3-10,14-15,23H,11-13H2,1-2H3,(H2,22,25)/t14-,15-/m0/s1. The number of benzene rings is 2. The van der Waals surface area contributed by atoms with Crippen molar-refractivity contribution < 1.29 is 14.3 Å². The quantitative estimate of drug-likeness (QED) is 0.848. The average molecular weight is 367 g/mol. The summed E-state index contributed by atoms with van der Waals surface area (Å²) in [4.78, 5) is 26.2. The number of nitrogens with one attached hydrogen (secondary N) is 1. The molecule has 0 aliphatic carbocycles. The molecule has 0 saturated carbocycles. The number of carbonyl (C=O) groups excluding carboxylic acids is 2. The van der Waals surface area contributed by atoms with Gasteiger partial charge in [-0.3, -0.25) is 9.59 Å². The molecule has 0 aromatic heterocycles. The third kappa shape index (κ3) is 4.65. The maximum absolute atomic E-state index is 12.9. The van der Waals surface area contributed by atoms with E-state index in [1.165, 1.54) is 0 Å². The molecule has 0 unspecified atom stereocenters. The third-order valence-electron chi connectivity index (χ3n) is 4.57. The third-order valence-corrected chi connectivity index (χ3v) is 4.57. The summed E-state index contributed by atoms with van der Waals surface area (Å²) in [5.74, 6) is -0.0717. The molecule has 27 heavy (non-hydrogen) atoms. The molecular formula is C21H25N3O3. The van der Waals surface area contributed by atoms with Crippen molar-refractivity contribution in [3.63, 3.8) is 0 Å². The van der Waals surface area contributed by atoms with Crippen LogP contribution < -0.4 is 15.8 Å². The van der Waals surface area contributed by atoms with Gasteiger partial charge < -0.3 is 20.7 Å². The van der Waals surface area contributed by atoms with Crippen molar-refractivity contribution >= 4 is 11.8 Å². The molecule has 1 saturated heterocycles. The number of nitrogens with zero attached hydrogens (tertiary/aromatic N) is 1. The first-order valence-electron chi connectivity index (χ1n) is 9.10. The lowest BCUT2D eigenvalue weighted by Gasteiger charge is -2.36. The highest BCUT2D eigenvalue weighted by atomic mass is 16.5. The highest BCUT2D eigenvalue weighted by molar-refractivity contribution is 5.95. The van der Waals surface area contributed by atoms with Crippen LogP contribution in [0.1, 0.15) is 40.1 Å². The van der Waals surface area contributed by atoms with Gasteiger partial charge in [0.05, 0.1) is 5.56 Å². The van der Waals surface area contributed by atoms with E-state index in [0.717, 1.165) is 5.56 Å². The Bertz CT molecular complexity index is 827. The van der Waals surface area contributed by atoms with Gasteiger partial charge in [-0.1, -0.05) is 24.3 Å². The van der Waals surface area contributed by atoms with E-state index in [9.17, 15) is 9.59 Å². The van der Waals surface area contributed by atoms with E-state index in [1.807, 2.05) is 29.2 Å². The molecular weight excluding hydrogens is 342 g/mol. The molecule has 6 heteroatoms. The van der Waals surface area contributed by atoms with Crippen LogP contribution in [0.25, 0.3) is 0 Å². The summed E-state index contributed by atoms with van der Waals surface area (Å²) in [6, 6.07) is 14.8. The topological polar surface area (TPSA) is 84.7 Å². The fraction of sp³-hybridized carbons (Fsp3) is 0.333. The van der Waals surface area contributed by atoms with Crippen LogP contribution in [0, 0.1) is 0 Å². The minimum atomic E-state index is -0.531. The van der Waals surface area contributed by atoms with Crippen LogP contribution in [0.4, 0.5) is 0 Å². The van der Waals surface area contributed by atoms with Gasteiger partial charge in [0.1, 0.15) is 12.4 Å². The molecule has 2 amide bonds. The van der Waals surface area contributed by atoms with Crippen molar-refractivity contribution in [2.45, 2.75) is 32.5 Å². The van der Waals surface area contributed by atoms with Gasteiger partial charge in [0, 0.05) is 30.7 Å². The first-order chi connectivity index (χ1) is 12.9. The summed E-state index contributed by atoms with van der Waals surface area (Å²) in [6.07, 6.45) is 0. The van der Waals surface area contributed by atoms with E-state index in [1.54, 1.807) is 24.3 Å². The van der Waals surface area contributed by atoms with E-state index in [0.29, 0.717) is 30.0 Å². The molecule has 142 valence electrons. The minimum Gasteiger partial charge on any atom is -0.488 e. The van der Waals surface area contributed by atoms with Crippen LogP contribution in [-0.2, 0) is 6.61 Å². The van der Waals surface area contributed by atoms with Gasteiger partial charge in [0.2, 0.25) is 0 Å². The Labute approximate surface area is 159 Å². The molecule has 0 spiro atoms. The lowest BCUT2D eigenvalue weighted by Crippen LogP contribution is -2.55. The van der Waals surface area contributed by atoms with E-state index in [-0.39, 0.29) is 24.6 Å². The Hall–Kier alpha value is -2.86. The first-order valence-corrected chi connectivity index (χ1v) is 9.10. The van der Waals surface area contributed by atoms with E-state index in [2.05, 4.69) is 19.2 Å². The molecule has 2 aromatic carbocycles. The Balaban J connectivity index is 1.71.